The van der Waals surface area contributed by atoms with E-state index in [0.29, 0.717) is 6.04 Å². The van der Waals surface area contributed by atoms with Crippen LogP contribution in [0.5, 0.6) is 0 Å². The molecule has 0 aromatic heterocycles. The summed E-state index contributed by atoms with van der Waals surface area (Å²) in [5.41, 5.74) is 0. The van der Waals surface area contributed by atoms with Gasteiger partial charge in [0.1, 0.15) is 0 Å². The first-order chi connectivity index (χ1) is 4.58. The first-order valence-electron chi connectivity index (χ1n) is 3.65. The standard InChI is InChI=1S/C8H14NSi.Li/c1-10(2,3)9-8-6-4-5-7-8;/h4-8H,1-3H3;/q-1;+1. The van der Waals surface area contributed by atoms with Crippen LogP contribution >= 0.6 is 0 Å². The molecule has 0 saturated carbocycles. The molecule has 0 bridgehead atoms. The van der Waals surface area contributed by atoms with E-state index in [9.17, 15) is 0 Å². The topological polar surface area (TPSA) is 14.1 Å². The molecule has 1 aliphatic carbocycles. The van der Waals surface area contributed by atoms with E-state index >= 15 is 0 Å². The summed E-state index contributed by atoms with van der Waals surface area (Å²) in [6.45, 7) is 6.77. The van der Waals surface area contributed by atoms with Gasteiger partial charge in [-0.2, -0.15) is 0 Å². The molecular formula is C8H14LiNSi. The molecule has 11 heavy (non-hydrogen) atoms. The minimum absolute atomic E-state index is 0. The van der Waals surface area contributed by atoms with E-state index < -0.39 is 8.24 Å². The summed E-state index contributed by atoms with van der Waals surface area (Å²) in [6.07, 6.45) is 8.40. The molecule has 1 aliphatic rings. The van der Waals surface area contributed by atoms with Crippen LogP contribution < -0.4 is 18.9 Å². The largest absolute Gasteiger partial charge is 1.00 e. The van der Waals surface area contributed by atoms with Gasteiger partial charge in [0.25, 0.3) is 0 Å². The average molecular weight is 159 g/mol. The molecule has 0 saturated heterocycles. The number of rotatable bonds is 2. The summed E-state index contributed by atoms with van der Waals surface area (Å²) in [5.74, 6) is 0. The van der Waals surface area contributed by atoms with Gasteiger partial charge in [0, 0.05) is 0 Å². The van der Waals surface area contributed by atoms with Gasteiger partial charge in [0.15, 0.2) is 0 Å². The van der Waals surface area contributed by atoms with Crippen molar-refractivity contribution in [3.8, 4) is 0 Å². The van der Waals surface area contributed by atoms with Gasteiger partial charge in [0.05, 0.1) is 0 Å². The molecular weight excluding hydrogens is 145 g/mol. The Hall–Kier alpha value is 0.254. The van der Waals surface area contributed by atoms with Crippen LogP contribution in [-0.2, 0) is 0 Å². The SMILES string of the molecule is C[Si](C)(C)[N-]C1C=CC=C1.[Li+]. The summed E-state index contributed by atoms with van der Waals surface area (Å²) in [5, 5.41) is 0. The van der Waals surface area contributed by atoms with Crippen LogP contribution in [0.1, 0.15) is 0 Å². The summed E-state index contributed by atoms with van der Waals surface area (Å²) >= 11 is 0. The molecule has 3 heteroatoms. The van der Waals surface area contributed by atoms with Crippen molar-refractivity contribution in [3.63, 3.8) is 0 Å². The Kier molecular flexibility index (Phi) is 4.42. The predicted octanol–water partition coefficient (Wildman–Crippen LogP) is -0.306. The van der Waals surface area contributed by atoms with Gasteiger partial charge in [0.2, 0.25) is 0 Å². The molecule has 0 spiro atoms. The normalized spacial score (nSPS) is 17.0. The maximum Gasteiger partial charge on any atom is 1.00 e. The molecule has 0 heterocycles. The van der Waals surface area contributed by atoms with Crippen LogP contribution in [0.3, 0.4) is 0 Å². The van der Waals surface area contributed by atoms with Crippen LogP contribution in [-0.4, -0.2) is 14.3 Å². The van der Waals surface area contributed by atoms with E-state index in [-0.39, 0.29) is 18.9 Å². The second-order valence-electron chi connectivity index (χ2n) is 3.56. The Balaban J connectivity index is 0.000001000. The van der Waals surface area contributed by atoms with Crippen molar-refractivity contribution in [2.24, 2.45) is 0 Å². The number of hydrogen-bond donors (Lipinski definition) is 0. The molecule has 0 unspecified atom stereocenters. The van der Waals surface area contributed by atoms with Crippen molar-refractivity contribution in [1.29, 1.82) is 0 Å². The van der Waals surface area contributed by atoms with Gasteiger partial charge < -0.3 is 4.98 Å². The molecule has 0 amide bonds. The number of nitrogens with zero attached hydrogens (tertiary/aromatic N) is 1. The molecule has 1 rings (SSSR count). The zero-order valence-electron chi connectivity index (χ0n) is 7.83. The summed E-state index contributed by atoms with van der Waals surface area (Å²) in [4.78, 5) is 4.67. The van der Waals surface area contributed by atoms with Crippen LogP contribution in [0.25, 0.3) is 4.98 Å². The smallest absolute Gasteiger partial charge is 0.656 e. The van der Waals surface area contributed by atoms with E-state index in [1.165, 1.54) is 0 Å². The van der Waals surface area contributed by atoms with E-state index in [0.717, 1.165) is 0 Å². The Labute approximate surface area is 82.2 Å². The molecule has 1 nitrogen and oxygen atoms in total. The molecule has 0 aromatic carbocycles. The van der Waals surface area contributed by atoms with Crippen molar-refractivity contribution in [3.05, 3.63) is 29.3 Å². The third-order valence-corrected chi connectivity index (χ3v) is 2.34. The maximum atomic E-state index is 4.67. The number of hydrogen-bond acceptors (Lipinski definition) is 0. The number of allylic oxidation sites excluding steroid dienone is 2. The molecule has 0 aliphatic heterocycles. The van der Waals surface area contributed by atoms with Crippen molar-refractivity contribution < 1.29 is 18.9 Å². The van der Waals surface area contributed by atoms with E-state index in [1.807, 2.05) is 0 Å². The van der Waals surface area contributed by atoms with Crippen molar-refractivity contribution in [1.82, 2.24) is 0 Å². The minimum Gasteiger partial charge on any atom is -0.656 e. The van der Waals surface area contributed by atoms with E-state index in [2.05, 4.69) is 48.9 Å². The minimum atomic E-state index is -1.20. The van der Waals surface area contributed by atoms with Crippen molar-refractivity contribution in [2.75, 3.05) is 0 Å². The second kappa shape index (κ2) is 4.32. The van der Waals surface area contributed by atoms with Gasteiger partial charge in [-0.1, -0.05) is 58.2 Å². The van der Waals surface area contributed by atoms with Gasteiger partial charge in [-0.05, 0) is 0 Å². The van der Waals surface area contributed by atoms with Crippen LogP contribution in [0.15, 0.2) is 24.3 Å². The van der Waals surface area contributed by atoms with Crippen LogP contribution in [0, 0.1) is 0 Å². The third-order valence-electron chi connectivity index (χ3n) is 1.26. The maximum absolute atomic E-state index is 4.67. The predicted molar refractivity (Wildman–Crippen MR) is 48.8 cm³/mol. The fourth-order valence-electron chi connectivity index (χ4n) is 0.953. The summed E-state index contributed by atoms with van der Waals surface area (Å²) in [6, 6.07) is 0.381. The Morgan fingerprint density at radius 2 is 1.55 bits per heavy atom. The Bertz CT molecular complexity index is 157. The van der Waals surface area contributed by atoms with Gasteiger partial charge in [-0.15, -0.1) is 0 Å². The van der Waals surface area contributed by atoms with Crippen molar-refractivity contribution in [2.45, 2.75) is 25.7 Å². The van der Waals surface area contributed by atoms with Gasteiger partial charge in [-0.25, -0.2) is 0 Å². The first-order valence-corrected chi connectivity index (χ1v) is 7.10. The molecule has 0 radical (unpaired) electrons. The fraction of sp³-hybridized carbons (Fsp3) is 0.500. The monoisotopic (exact) mass is 159 g/mol. The molecule has 56 valence electrons. The van der Waals surface area contributed by atoms with Gasteiger partial charge in [-0.3, -0.25) is 0 Å². The quantitative estimate of drug-likeness (QED) is 0.491. The van der Waals surface area contributed by atoms with Crippen LogP contribution in [0.2, 0.25) is 19.6 Å². The molecule has 0 atom stereocenters. The Morgan fingerprint density at radius 1 is 1.09 bits per heavy atom. The molecule has 0 N–H and O–H groups in total. The zero-order valence-corrected chi connectivity index (χ0v) is 8.83. The Morgan fingerprint density at radius 3 is 1.91 bits per heavy atom. The fourth-order valence-corrected chi connectivity index (χ4v) is 2.02. The molecule has 0 fully saturated rings. The first kappa shape index (κ1) is 11.3. The second-order valence-corrected chi connectivity index (χ2v) is 8.16. The average Bonchev–Trinajstić information content (AvgIpc) is 2.12. The van der Waals surface area contributed by atoms with Crippen LogP contribution in [0.4, 0.5) is 0 Å². The summed E-state index contributed by atoms with van der Waals surface area (Å²) in [7, 11) is -1.20. The summed E-state index contributed by atoms with van der Waals surface area (Å²) < 4.78 is 0. The zero-order chi connectivity index (χ0) is 7.61. The van der Waals surface area contributed by atoms with Gasteiger partial charge >= 0.3 is 18.9 Å². The van der Waals surface area contributed by atoms with Crippen molar-refractivity contribution >= 4 is 8.24 Å². The molecule has 0 aromatic rings. The van der Waals surface area contributed by atoms with E-state index in [1.54, 1.807) is 0 Å². The third kappa shape index (κ3) is 4.65. The van der Waals surface area contributed by atoms with E-state index in [4.69, 9.17) is 0 Å².